The second-order valence-corrected chi connectivity index (χ2v) is 5.33. The fourth-order valence-corrected chi connectivity index (χ4v) is 2.85. The summed E-state index contributed by atoms with van der Waals surface area (Å²) in [6.45, 7) is 0. The fraction of sp³-hybridized carbons (Fsp3) is 0.667. The summed E-state index contributed by atoms with van der Waals surface area (Å²) in [6, 6.07) is 0. The molecule has 0 aliphatic rings. The average Bonchev–Trinajstić information content (AvgIpc) is 1.85. The summed E-state index contributed by atoms with van der Waals surface area (Å²) in [5.74, 6) is -0.513. The Labute approximate surface area is 83.1 Å². The summed E-state index contributed by atoms with van der Waals surface area (Å²) in [4.78, 5) is 20.5. The van der Waals surface area contributed by atoms with Crippen LogP contribution < -0.4 is 11.5 Å². The first-order chi connectivity index (χ1) is 5.13. The molecule has 0 aromatic heterocycles. The summed E-state index contributed by atoms with van der Waals surface area (Å²) in [6.07, 6.45) is 0.914. The van der Waals surface area contributed by atoms with Gasteiger partial charge in [0, 0.05) is 0 Å². The zero-order valence-corrected chi connectivity index (χ0v) is 9.40. The van der Waals surface area contributed by atoms with Crippen LogP contribution in [0.5, 0.6) is 0 Å². The summed E-state index contributed by atoms with van der Waals surface area (Å²) in [5.41, 5.74) is 9.85. The van der Waals surface area contributed by atoms with Gasteiger partial charge >= 0.3 is 71.7 Å². The van der Waals surface area contributed by atoms with Gasteiger partial charge in [-0.05, 0) is 0 Å². The summed E-state index contributed by atoms with van der Waals surface area (Å²) in [7, 11) is 0. The van der Waals surface area contributed by atoms with Crippen LogP contribution in [-0.2, 0) is 9.59 Å². The first kappa shape index (κ1) is 18.2. The van der Waals surface area contributed by atoms with Crippen LogP contribution in [0.15, 0.2) is 0 Å². The third-order valence-corrected chi connectivity index (χ3v) is 3.63. The van der Waals surface area contributed by atoms with Crippen molar-refractivity contribution < 1.29 is 20.5 Å². The van der Waals surface area contributed by atoms with E-state index in [4.69, 9.17) is 11.5 Å². The molecule has 8 N–H and O–H groups in total. The Hall–Kier alpha value is -0.597. The third kappa shape index (κ3) is 18.4. The van der Waals surface area contributed by atoms with E-state index in [0.717, 1.165) is 10.5 Å². The van der Waals surface area contributed by atoms with Crippen LogP contribution in [-0.4, -0.2) is 38.2 Å². The van der Waals surface area contributed by atoms with Crippen LogP contribution in [0.25, 0.3) is 0 Å². The molecule has 0 aliphatic heterocycles. The minimum Gasteiger partial charge on any atom is -0.412 e. The van der Waals surface area contributed by atoms with Gasteiger partial charge in [0.1, 0.15) is 0 Å². The normalized spacial score (nSPS) is 8.00. The Bertz CT molecular complexity index is 138. The largest absolute Gasteiger partial charge is 0.412 e. The van der Waals surface area contributed by atoms with E-state index in [9.17, 15) is 9.59 Å². The third-order valence-electron chi connectivity index (χ3n) is 1.10. The Kier molecular flexibility index (Phi) is 16.0. The Balaban J connectivity index is -0.000000500. The maximum Gasteiger partial charge on any atom is -0.412 e. The Morgan fingerprint density at radius 1 is 0.923 bits per heavy atom. The standard InChI is InChI=1S/C6H12GeN2O2.2H2O/c8-5(10)1-3-7-4-2-6(9)11;;/h1-4H2,(H2,8,10)(H2,9,11);2*1H2. The van der Waals surface area contributed by atoms with Crippen molar-refractivity contribution in [3.8, 4) is 0 Å². The van der Waals surface area contributed by atoms with E-state index >= 15 is 0 Å². The van der Waals surface area contributed by atoms with Crippen molar-refractivity contribution in [3.05, 3.63) is 0 Å². The maximum absolute atomic E-state index is 10.2. The van der Waals surface area contributed by atoms with Crippen molar-refractivity contribution >= 4 is 27.2 Å². The van der Waals surface area contributed by atoms with Crippen LogP contribution in [0.4, 0.5) is 0 Å². The quantitative estimate of drug-likeness (QED) is 0.401. The molecule has 0 saturated heterocycles. The molecule has 0 unspecified atom stereocenters. The van der Waals surface area contributed by atoms with E-state index in [-0.39, 0.29) is 38.2 Å². The molecule has 0 atom stereocenters. The molecule has 0 spiro atoms. The predicted molar refractivity (Wildman–Crippen MR) is 50.2 cm³/mol. The van der Waals surface area contributed by atoms with Crippen LogP contribution in [0.2, 0.25) is 10.5 Å². The zero-order chi connectivity index (χ0) is 8.69. The summed E-state index contributed by atoms with van der Waals surface area (Å²) >= 11 is -0.164. The molecule has 2 radical (unpaired) electrons. The van der Waals surface area contributed by atoms with E-state index in [1.807, 2.05) is 0 Å². The van der Waals surface area contributed by atoms with Gasteiger partial charge < -0.3 is 11.0 Å². The molecule has 0 heterocycles. The van der Waals surface area contributed by atoms with Crippen LogP contribution >= 0.6 is 0 Å². The van der Waals surface area contributed by atoms with Crippen molar-refractivity contribution in [2.24, 2.45) is 11.5 Å². The average molecular weight is 253 g/mol. The molecule has 0 aliphatic carbocycles. The van der Waals surface area contributed by atoms with Crippen LogP contribution in [0, 0.1) is 0 Å². The number of nitrogens with two attached hydrogens (primary N) is 2. The minimum atomic E-state index is -0.257. The molecule has 13 heavy (non-hydrogen) atoms. The van der Waals surface area contributed by atoms with E-state index in [1.54, 1.807) is 0 Å². The first-order valence-corrected chi connectivity index (χ1v) is 6.37. The van der Waals surface area contributed by atoms with Gasteiger partial charge in [0.15, 0.2) is 0 Å². The second kappa shape index (κ2) is 11.4. The molecule has 0 fully saturated rings. The number of carbonyl (C=O) groups excluding carboxylic acids is 2. The topological polar surface area (TPSA) is 149 Å². The molecule has 7 heteroatoms. The van der Waals surface area contributed by atoms with Crippen LogP contribution in [0.3, 0.4) is 0 Å². The molecule has 0 aromatic carbocycles. The molecule has 0 rings (SSSR count). The summed E-state index contributed by atoms with van der Waals surface area (Å²) in [5, 5.41) is 1.76. The van der Waals surface area contributed by atoms with Crippen molar-refractivity contribution in [3.63, 3.8) is 0 Å². The van der Waals surface area contributed by atoms with Gasteiger partial charge in [0.05, 0.1) is 0 Å². The molecular formula is C6H16GeN2O4. The van der Waals surface area contributed by atoms with Gasteiger partial charge in [-0.1, -0.05) is 0 Å². The number of carbonyl (C=O) groups is 2. The van der Waals surface area contributed by atoms with Gasteiger partial charge in [0.2, 0.25) is 0 Å². The SMILES string of the molecule is NC(=O)C[CH2][Ge][CH2]CC(N)=O.O.O. The molecule has 0 bridgehead atoms. The van der Waals surface area contributed by atoms with Gasteiger partial charge in [-0.15, -0.1) is 0 Å². The first-order valence-electron chi connectivity index (χ1n) is 3.40. The fourth-order valence-electron chi connectivity index (χ4n) is 0.548. The summed E-state index contributed by atoms with van der Waals surface area (Å²) < 4.78 is 0. The molecule has 2 amide bonds. The van der Waals surface area contributed by atoms with Crippen molar-refractivity contribution in [1.29, 1.82) is 0 Å². The Morgan fingerprint density at radius 3 is 1.46 bits per heavy atom. The zero-order valence-electron chi connectivity index (χ0n) is 7.30. The predicted octanol–water partition coefficient (Wildman–Crippen LogP) is -2.37. The van der Waals surface area contributed by atoms with Crippen molar-refractivity contribution in [2.45, 2.75) is 23.3 Å². The van der Waals surface area contributed by atoms with Gasteiger partial charge in [0.25, 0.3) is 0 Å². The van der Waals surface area contributed by atoms with Crippen LogP contribution in [0.1, 0.15) is 12.8 Å². The van der Waals surface area contributed by atoms with Crippen molar-refractivity contribution in [2.75, 3.05) is 0 Å². The maximum atomic E-state index is 10.2. The van der Waals surface area contributed by atoms with E-state index in [0.29, 0.717) is 12.8 Å². The molecule has 0 saturated carbocycles. The van der Waals surface area contributed by atoms with Gasteiger partial charge in [-0.2, -0.15) is 0 Å². The van der Waals surface area contributed by atoms with Gasteiger partial charge in [-0.3, -0.25) is 0 Å². The smallest absolute Gasteiger partial charge is 0.412 e. The second-order valence-electron chi connectivity index (χ2n) is 2.18. The number of hydrogen-bond acceptors (Lipinski definition) is 2. The number of rotatable bonds is 6. The molecule has 6 nitrogen and oxygen atoms in total. The van der Waals surface area contributed by atoms with E-state index in [2.05, 4.69) is 0 Å². The monoisotopic (exact) mass is 254 g/mol. The molecule has 0 aromatic rings. The molecular weight excluding hydrogens is 237 g/mol. The van der Waals surface area contributed by atoms with Crippen molar-refractivity contribution in [1.82, 2.24) is 0 Å². The number of amides is 2. The minimum absolute atomic E-state index is 0. The van der Waals surface area contributed by atoms with E-state index in [1.165, 1.54) is 0 Å². The van der Waals surface area contributed by atoms with E-state index < -0.39 is 0 Å². The van der Waals surface area contributed by atoms with Gasteiger partial charge in [-0.25, -0.2) is 0 Å². The Morgan fingerprint density at radius 2 is 1.23 bits per heavy atom. The number of primary amides is 2. The number of hydrogen-bond donors (Lipinski definition) is 2. The molecule has 78 valence electrons.